The third kappa shape index (κ3) is 5.99. The number of ether oxygens (including phenoxy) is 1. The van der Waals surface area contributed by atoms with Crippen molar-refractivity contribution in [2.45, 2.75) is 39.7 Å². The van der Waals surface area contributed by atoms with E-state index in [0.717, 1.165) is 38.6 Å². The minimum Gasteiger partial charge on any atom is -0.508 e. The summed E-state index contributed by atoms with van der Waals surface area (Å²) in [4.78, 5) is 22.5. The van der Waals surface area contributed by atoms with Crippen LogP contribution in [0.15, 0.2) is 29.3 Å². The highest BCUT2D eigenvalue weighted by Crippen LogP contribution is 2.38. The Morgan fingerprint density at radius 2 is 1.89 bits per heavy atom. The number of amidine groups is 1. The Hall–Kier alpha value is -3.44. The van der Waals surface area contributed by atoms with Crippen LogP contribution < -0.4 is 5.32 Å². The summed E-state index contributed by atoms with van der Waals surface area (Å²) >= 11 is 0. The lowest BCUT2D eigenvalue weighted by molar-refractivity contribution is 0.0682. The van der Waals surface area contributed by atoms with Gasteiger partial charge < -0.3 is 30.1 Å². The second-order valence-electron chi connectivity index (χ2n) is 9.81. The molecule has 3 N–H and O–H groups in total. The van der Waals surface area contributed by atoms with E-state index in [1.165, 1.54) is 6.07 Å². The molecular formula is C27H39N7O4. The van der Waals surface area contributed by atoms with E-state index in [1.807, 2.05) is 26.0 Å². The SMILES string of the molecule is CCN(CC)CCNC(=O)c1nnc(-c2cc(C(C)C)c(O)cc2O)n1C1C=CC(N2CCOCC2)=NC1. The first-order valence-electron chi connectivity index (χ1n) is 13.4. The molecule has 1 unspecified atom stereocenters. The van der Waals surface area contributed by atoms with Gasteiger partial charge >= 0.3 is 0 Å². The van der Waals surface area contributed by atoms with Gasteiger partial charge in [-0.2, -0.15) is 0 Å². The van der Waals surface area contributed by atoms with E-state index in [0.29, 0.717) is 43.3 Å². The molecule has 1 aromatic heterocycles. The minimum atomic E-state index is -0.338. The van der Waals surface area contributed by atoms with Crippen molar-refractivity contribution >= 4 is 11.7 Å². The second kappa shape index (κ2) is 12.4. The minimum absolute atomic E-state index is 0.0130. The Morgan fingerprint density at radius 3 is 2.53 bits per heavy atom. The summed E-state index contributed by atoms with van der Waals surface area (Å²) < 4.78 is 7.19. The number of aromatic nitrogens is 3. The lowest BCUT2D eigenvalue weighted by Gasteiger charge is -2.31. The quantitative estimate of drug-likeness (QED) is 0.455. The van der Waals surface area contributed by atoms with Gasteiger partial charge in [-0.3, -0.25) is 14.4 Å². The lowest BCUT2D eigenvalue weighted by atomic mass is 9.98. The predicted octanol–water partition coefficient (Wildman–Crippen LogP) is 2.39. The number of dihydropyridines is 1. The van der Waals surface area contributed by atoms with E-state index in [4.69, 9.17) is 9.73 Å². The maximum Gasteiger partial charge on any atom is 0.289 e. The largest absolute Gasteiger partial charge is 0.508 e. The number of hydrogen-bond acceptors (Lipinski definition) is 9. The summed E-state index contributed by atoms with van der Waals surface area (Å²) in [7, 11) is 0. The average molecular weight is 526 g/mol. The van der Waals surface area contributed by atoms with Crippen LogP contribution in [0.4, 0.5) is 0 Å². The second-order valence-corrected chi connectivity index (χ2v) is 9.81. The smallest absolute Gasteiger partial charge is 0.289 e. The number of benzene rings is 1. The summed E-state index contributed by atoms with van der Waals surface area (Å²) in [6.07, 6.45) is 3.96. The molecule has 0 bridgehead atoms. The van der Waals surface area contributed by atoms with Crippen molar-refractivity contribution in [3.8, 4) is 22.9 Å². The maximum atomic E-state index is 13.3. The van der Waals surface area contributed by atoms with Crippen LogP contribution in [0.3, 0.4) is 0 Å². The molecule has 206 valence electrons. The molecule has 1 saturated heterocycles. The molecule has 2 aliphatic rings. The number of amides is 1. The fourth-order valence-corrected chi connectivity index (χ4v) is 4.79. The molecule has 2 aromatic rings. The van der Waals surface area contributed by atoms with Gasteiger partial charge in [-0.25, -0.2) is 0 Å². The fourth-order valence-electron chi connectivity index (χ4n) is 4.79. The van der Waals surface area contributed by atoms with E-state index in [9.17, 15) is 15.0 Å². The molecule has 0 radical (unpaired) electrons. The van der Waals surface area contributed by atoms with Gasteiger partial charge in [0.1, 0.15) is 17.3 Å². The van der Waals surface area contributed by atoms with Crippen molar-refractivity contribution in [2.75, 3.05) is 59.0 Å². The number of aliphatic imine (C=N–C) groups is 1. The van der Waals surface area contributed by atoms with Crippen LogP contribution in [0, 0.1) is 0 Å². The number of nitrogens with one attached hydrogen (secondary N) is 1. The first-order valence-corrected chi connectivity index (χ1v) is 13.4. The monoisotopic (exact) mass is 525 g/mol. The van der Waals surface area contributed by atoms with E-state index in [1.54, 1.807) is 10.6 Å². The van der Waals surface area contributed by atoms with E-state index >= 15 is 0 Å². The zero-order chi connectivity index (χ0) is 27.2. The summed E-state index contributed by atoms with van der Waals surface area (Å²) in [5.74, 6) is 0.943. The van der Waals surface area contributed by atoms with Crippen molar-refractivity contribution in [3.05, 3.63) is 35.7 Å². The van der Waals surface area contributed by atoms with Gasteiger partial charge in [0.05, 0.1) is 31.4 Å². The molecule has 4 rings (SSSR count). The molecule has 1 amide bonds. The van der Waals surface area contributed by atoms with Gasteiger partial charge in [-0.15, -0.1) is 10.2 Å². The van der Waals surface area contributed by atoms with Crippen molar-refractivity contribution in [2.24, 2.45) is 4.99 Å². The van der Waals surface area contributed by atoms with Crippen LogP contribution in [0.5, 0.6) is 11.5 Å². The normalized spacial score (nSPS) is 17.8. The van der Waals surface area contributed by atoms with Gasteiger partial charge in [0.15, 0.2) is 5.82 Å². The third-order valence-corrected chi connectivity index (χ3v) is 7.09. The summed E-state index contributed by atoms with van der Waals surface area (Å²) in [6, 6.07) is 2.70. The number of nitrogens with zero attached hydrogens (tertiary/aromatic N) is 6. The number of rotatable bonds is 9. The number of aromatic hydroxyl groups is 2. The Morgan fingerprint density at radius 1 is 1.16 bits per heavy atom. The Kier molecular flexibility index (Phi) is 9.01. The number of hydrogen-bond donors (Lipinski definition) is 3. The van der Waals surface area contributed by atoms with Gasteiger partial charge in [-0.1, -0.05) is 33.8 Å². The number of phenolic OH excluding ortho intramolecular Hbond substituents is 2. The molecule has 38 heavy (non-hydrogen) atoms. The Labute approximate surface area is 223 Å². The Balaban J connectivity index is 1.67. The summed E-state index contributed by atoms with van der Waals surface area (Å²) in [6.45, 7) is 14.4. The van der Waals surface area contributed by atoms with Crippen molar-refractivity contribution in [3.63, 3.8) is 0 Å². The van der Waals surface area contributed by atoms with Gasteiger partial charge in [0.2, 0.25) is 5.82 Å². The maximum absolute atomic E-state index is 13.3. The highest BCUT2D eigenvalue weighted by atomic mass is 16.5. The molecule has 0 aliphatic carbocycles. The molecule has 1 aromatic carbocycles. The average Bonchev–Trinajstić information content (AvgIpc) is 3.36. The van der Waals surface area contributed by atoms with Crippen LogP contribution in [0.2, 0.25) is 0 Å². The van der Waals surface area contributed by atoms with Crippen LogP contribution in [0.25, 0.3) is 11.4 Å². The van der Waals surface area contributed by atoms with Crippen molar-refractivity contribution in [1.82, 2.24) is 29.9 Å². The fraction of sp³-hybridized carbons (Fsp3) is 0.556. The topological polar surface area (TPSA) is 128 Å². The zero-order valence-corrected chi connectivity index (χ0v) is 22.7. The predicted molar refractivity (Wildman–Crippen MR) is 146 cm³/mol. The standard InChI is InChI=1S/C27H39N7O4/c1-5-32(6-2)10-9-28-27(37)26-31-30-25(21-15-20(18(3)4)22(35)16-23(21)36)34(26)19-7-8-24(29-17-19)33-11-13-38-14-12-33/h7-8,15-16,18-19,35-36H,5-6,9-14,17H2,1-4H3,(H,28,37). The first kappa shape index (κ1) is 27.6. The molecule has 0 saturated carbocycles. The van der Waals surface area contributed by atoms with Gasteiger partial charge in [0.25, 0.3) is 5.91 Å². The van der Waals surface area contributed by atoms with Crippen LogP contribution in [-0.2, 0) is 4.74 Å². The molecule has 11 nitrogen and oxygen atoms in total. The zero-order valence-electron chi connectivity index (χ0n) is 22.7. The van der Waals surface area contributed by atoms with Crippen molar-refractivity contribution in [1.29, 1.82) is 0 Å². The third-order valence-electron chi connectivity index (χ3n) is 7.09. The molecule has 1 fully saturated rings. The number of morpholine rings is 1. The van der Waals surface area contributed by atoms with E-state index < -0.39 is 0 Å². The van der Waals surface area contributed by atoms with Crippen LogP contribution in [0.1, 0.15) is 55.8 Å². The molecule has 2 aliphatic heterocycles. The molecule has 0 spiro atoms. The lowest BCUT2D eigenvalue weighted by Crippen LogP contribution is -2.41. The van der Waals surface area contributed by atoms with Crippen LogP contribution >= 0.6 is 0 Å². The first-order chi connectivity index (χ1) is 18.3. The molecule has 3 heterocycles. The Bertz CT molecular complexity index is 1180. The number of carbonyl (C=O) groups is 1. The van der Waals surface area contributed by atoms with Crippen molar-refractivity contribution < 1.29 is 19.7 Å². The summed E-state index contributed by atoms with van der Waals surface area (Å²) in [5, 5.41) is 32.7. The van der Waals surface area contributed by atoms with E-state index in [-0.39, 0.29) is 35.2 Å². The van der Waals surface area contributed by atoms with Crippen LogP contribution in [-0.4, -0.2) is 106 Å². The van der Waals surface area contributed by atoms with Gasteiger partial charge in [0, 0.05) is 32.2 Å². The highest BCUT2D eigenvalue weighted by Gasteiger charge is 2.28. The number of carbonyl (C=O) groups excluding carboxylic acids is 1. The number of likely N-dealkylation sites (N-methyl/N-ethyl adjacent to an activating group) is 1. The number of phenols is 2. The molecule has 1 atom stereocenters. The summed E-state index contributed by atoms with van der Waals surface area (Å²) in [5.41, 5.74) is 1.07. The van der Waals surface area contributed by atoms with Gasteiger partial charge in [-0.05, 0) is 36.7 Å². The molecular weight excluding hydrogens is 486 g/mol. The van der Waals surface area contributed by atoms with E-state index in [2.05, 4.69) is 39.2 Å². The highest BCUT2D eigenvalue weighted by molar-refractivity contribution is 5.94. The molecule has 11 heteroatoms.